The monoisotopic (exact) mass is 378 g/mol. The van der Waals surface area contributed by atoms with E-state index < -0.39 is 0 Å². The summed E-state index contributed by atoms with van der Waals surface area (Å²) in [6, 6.07) is 15.3. The molecule has 2 aromatic carbocycles. The second-order valence-corrected chi connectivity index (χ2v) is 6.30. The lowest BCUT2D eigenvalue weighted by atomic mass is 10.0. The molecule has 0 saturated heterocycles. The number of nitrogens with one attached hydrogen (secondary N) is 1. The Hall–Kier alpha value is -3.53. The van der Waals surface area contributed by atoms with E-state index in [2.05, 4.69) is 21.5 Å². The molecule has 0 aromatic heterocycles. The molecule has 0 fully saturated rings. The molecule has 1 amide bonds. The summed E-state index contributed by atoms with van der Waals surface area (Å²) in [7, 11) is 1.52. The van der Waals surface area contributed by atoms with Gasteiger partial charge < -0.3 is 14.4 Å². The van der Waals surface area contributed by atoms with Gasteiger partial charge in [0.1, 0.15) is 6.07 Å². The molecule has 1 N–H and O–H groups in total. The molecule has 144 valence electrons. The van der Waals surface area contributed by atoms with Crippen molar-refractivity contribution in [2.45, 2.75) is 12.8 Å². The Morgan fingerprint density at radius 3 is 3.00 bits per heavy atom. The fraction of sp³-hybridized carbons (Fsp3) is 0.286. The highest BCUT2D eigenvalue weighted by molar-refractivity contribution is 5.85. The molecule has 1 aliphatic rings. The number of hydrazone groups is 1. The Kier molecular flexibility index (Phi) is 6.47. The van der Waals surface area contributed by atoms with Crippen LogP contribution < -0.4 is 19.8 Å². The van der Waals surface area contributed by atoms with Gasteiger partial charge in [0.15, 0.2) is 18.1 Å². The predicted molar refractivity (Wildman–Crippen MR) is 107 cm³/mol. The van der Waals surface area contributed by atoms with Crippen LogP contribution in [0.4, 0.5) is 5.69 Å². The van der Waals surface area contributed by atoms with Crippen molar-refractivity contribution in [3.8, 4) is 17.6 Å². The standard InChI is InChI=1S/C21H22N4O3/c1-27-20-13-16(8-9-19(20)28-12-10-22)14-23-24-21(26)15-25-11-4-6-17-5-2-3-7-18(17)25/h2-3,5,7-9,13-14H,4,6,11-12,15H2,1H3,(H,24,26)/b23-14+. The zero-order valence-electron chi connectivity index (χ0n) is 15.7. The van der Waals surface area contributed by atoms with Gasteiger partial charge in [-0.05, 0) is 48.2 Å². The Morgan fingerprint density at radius 1 is 1.32 bits per heavy atom. The maximum Gasteiger partial charge on any atom is 0.259 e. The minimum absolute atomic E-state index is 0.0561. The van der Waals surface area contributed by atoms with Crippen molar-refractivity contribution in [1.82, 2.24) is 5.43 Å². The van der Waals surface area contributed by atoms with Crippen molar-refractivity contribution in [3.05, 3.63) is 53.6 Å². The second kappa shape index (κ2) is 9.42. The van der Waals surface area contributed by atoms with Gasteiger partial charge in [-0.15, -0.1) is 0 Å². The van der Waals surface area contributed by atoms with Crippen LogP contribution in [0.3, 0.4) is 0 Å². The van der Waals surface area contributed by atoms with Crippen molar-refractivity contribution >= 4 is 17.8 Å². The molecule has 28 heavy (non-hydrogen) atoms. The van der Waals surface area contributed by atoms with E-state index in [1.54, 1.807) is 24.4 Å². The first kappa shape index (κ1) is 19.2. The zero-order valence-corrected chi connectivity index (χ0v) is 15.7. The van der Waals surface area contributed by atoms with Crippen molar-refractivity contribution in [2.75, 3.05) is 31.7 Å². The smallest absolute Gasteiger partial charge is 0.259 e. The number of para-hydroxylation sites is 1. The summed E-state index contributed by atoms with van der Waals surface area (Å²) in [6.07, 6.45) is 3.62. The van der Waals surface area contributed by atoms with E-state index in [0.717, 1.165) is 30.6 Å². The van der Waals surface area contributed by atoms with Gasteiger partial charge in [-0.1, -0.05) is 18.2 Å². The van der Waals surface area contributed by atoms with Crippen LogP contribution in [0, 0.1) is 11.3 Å². The Balaban J connectivity index is 1.58. The number of nitrogens with zero attached hydrogens (tertiary/aromatic N) is 3. The largest absolute Gasteiger partial charge is 0.493 e. The number of anilines is 1. The summed E-state index contributed by atoms with van der Waals surface area (Å²) in [5, 5.41) is 12.6. The van der Waals surface area contributed by atoms with Gasteiger partial charge in [0.25, 0.3) is 5.91 Å². The number of hydrogen-bond acceptors (Lipinski definition) is 6. The lowest BCUT2D eigenvalue weighted by Crippen LogP contribution is -2.38. The van der Waals surface area contributed by atoms with Gasteiger partial charge in [-0.3, -0.25) is 4.79 Å². The number of amides is 1. The van der Waals surface area contributed by atoms with E-state index in [4.69, 9.17) is 14.7 Å². The molecule has 2 aromatic rings. The fourth-order valence-corrected chi connectivity index (χ4v) is 3.16. The minimum atomic E-state index is -0.172. The zero-order chi connectivity index (χ0) is 19.8. The highest BCUT2D eigenvalue weighted by atomic mass is 16.5. The number of carbonyl (C=O) groups is 1. The molecule has 0 aliphatic carbocycles. The average Bonchev–Trinajstić information content (AvgIpc) is 2.73. The fourth-order valence-electron chi connectivity index (χ4n) is 3.16. The normalized spacial score (nSPS) is 12.9. The van der Waals surface area contributed by atoms with Gasteiger partial charge in [0.05, 0.1) is 19.9 Å². The van der Waals surface area contributed by atoms with Crippen molar-refractivity contribution in [2.24, 2.45) is 5.10 Å². The first-order chi connectivity index (χ1) is 13.7. The Bertz CT molecular complexity index is 905. The maximum atomic E-state index is 12.3. The lowest BCUT2D eigenvalue weighted by Gasteiger charge is -2.30. The third-order valence-electron chi connectivity index (χ3n) is 4.42. The van der Waals surface area contributed by atoms with E-state index in [1.165, 1.54) is 12.7 Å². The number of rotatable bonds is 7. The van der Waals surface area contributed by atoms with Crippen molar-refractivity contribution in [3.63, 3.8) is 0 Å². The quantitative estimate of drug-likeness (QED) is 0.591. The van der Waals surface area contributed by atoms with Crippen molar-refractivity contribution < 1.29 is 14.3 Å². The number of hydrogen-bond donors (Lipinski definition) is 1. The number of aryl methyl sites for hydroxylation is 1. The van der Waals surface area contributed by atoms with Crippen LogP contribution in [0.25, 0.3) is 0 Å². The molecule has 0 radical (unpaired) electrons. The summed E-state index contributed by atoms with van der Waals surface area (Å²) in [4.78, 5) is 14.3. The molecule has 1 heterocycles. The van der Waals surface area contributed by atoms with E-state index in [0.29, 0.717) is 11.5 Å². The van der Waals surface area contributed by atoms with Crippen LogP contribution >= 0.6 is 0 Å². The highest BCUT2D eigenvalue weighted by Crippen LogP contribution is 2.27. The Labute approximate surface area is 164 Å². The molecule has 7 nitrogen and oxygen atoms in total. The number of methoxy groups -OCH3 is 1. The SMILES string of the molecule is COc1cc(/C=N/NC(=O)CN2CCCc3ccccc32)ccc1OCC#N. The van der Waals surface area contributed by atoms with Crippen molar-refractivity contribution in [1.29, 1.82) is 5.26 Å². The molecular formula is C21H22N4O3. The van der Waals surface area contributed by atoms with Gasteiger partial charge in [0, 0.05) is 12.2 Å². The maximum absolute atomic E-state index is 12.3. The topological polar surface area (TPSA) is 86.9 Å². The molecule has 7 heteroatoms. The van der Waals surface area contributed by atoms with Crippen LogP contribution in [-0.4, -0.2) is 38.9 Å². The van der Waals surface area contributed by atoms with Gasteiger partial charge in [-0.25, -0.2) is 5.43 Å². The molecule has 0 spiro atoms. The Morgan fingerprint density at radius 2 is 2.18 bits per heavy atom. The van der Waals surface area contributed by atoms with E-state index in [-0.39, 0.29) is 19.1 Å². The van der Waals surface area contributed by atoms with E-state index in [1.807, 2.05) is 24.3 Å². The van der Waals surface area contributed by atoms with E-state index in [9.17, 15) is 4.79 Å². The van der Waals surface area contributed by atoms with Crippen LogP contribution in [0.15, 0.2) is 47.6 Å². The molecule has 0 saturated carbocycles. The summed E-state index contributed by atoms with van der Waals surface area (Å²) < 4.78 is 10.5. The third kappa shape index (κ3) is 4.80. The molecular weight excluding hydrogens is 356 g/mol. The van der Waals surface area contributed by atoms with Crippen LogP contribution in [0.1, 0.15) is 17.5 Å². The summed E-state index contributed by atoms with van der Waals surface area (Å²) in [5.74, 6) is 0.804. The first-order valence-corrected chi connectivity index (χ1v) is 9.04. The molecule has 1 aliphatic heterocycles. The second-order valence-electron chi connectivity index (χ2n) is 6.30. The number of carbonyl (C=O) groups excluding carboxylic acids is 1. The average molecular weight is 378 g/mol. The van der Waals surface area contributed by atoms with Crippen LogP contribution in [-0.2, 0) is 11.2 Å². The van der Waals surface area contributed by atoms with Crippen LogP contribution in [0.5, 0.6) is 11.5 Å². The molecule has 3 rings (SSSR count). The van der Waals surface area contributed by atoms with Gasteiger partial charge in [-0.2, -0.15) is 10.4 Å². The molecule has 0 unspecified atom stereocenters. The first-order valence-electron chi connectivity index (χ1n) is 9.04. The van der Waals surface area contributed by atoms with Gasteiger partial charge >= 0.3 is 0 Å². The summed E-state index contributed by atoms with van der Waals surface area (Å²) in [6.45, 7) is 1.06. The number of ether oxygens (including phenoxy) is 2. The third-order valence-corrected chi connectivity index (χ3v) is 4.42. The predicted octanol–water partition coefficient (Wildman–Crippen LogP) is 2.50. The lowest BCUT2D eigenvalue weighted by molar-refractivity contribution is -0.119. The minimum Gasteiger partial charge on any atom is -0.493 e. The van der Waals surface area contributed by atoms with Crippen LogP contribution in [0.2, 0.25) is 0 Å². The summed E-state index contributed by atoms with van der Waals surface area (Å²) >= 11 is 0. The summed E-state index contributed by atoms with van der Waals surface area (Å²) in [5.41, 5.74) is 5.70. The number of fused-ring (bicyclic) bond motifs is 1. The molecule has 0 bridgehead atoms. The highest BCUT2D eigenvalue weighted by Gasteiger charge is 2.18. The number of nitriles is 1. The van der Waals surface area contributed by atoms with E-state index >= 15 is 0 Å². The van der Waals surface area contributed by atoms with Gasteiger partial charge in [0.2, 0.25) is 0 Å². The number of benzene rings is 2. The molecule has 0 atom stereocenters.